The summed E-state index contributed by atoms with van der Waals surface area (Å²) in [7, 11) is 0. The molecule has 0 bridgehead atoms. The van der Waals surface area contributed by atoms with Crippen molar-refractivity contribution >= 4 is 39.0 Å². The van der Waals surface area contributed by atoms with Crippen LogP contribution >= 0.6 is 27.5 Å². The molecule has 1 N–H and O–H groups in total. The molecule has 2 aromatic rings. The molecule has 0 amide bonds. The van der Waals surface area contributed by atoms with Crippen LogP contribution in [0.15, 0.2) is 29.0 Å². The van der Waals surface area contributed by atoms with E-state index >= 15 is 0 Å². The molecule has 0 aliphatic carbocycles. The molecule has 0 aliphatic rings. The molecule has 0 saturated carbocycles. The number of aromatic nitrogens is 2. The molecule has 2 rings (SSSR count). The van der Waals surface area contributed by atoms with Gasteiger partial charge in [-0.15, -0.1) is 0 Å². The van der Waals surface area contributed by atoms with Crippen molar-refractivity contribution in [2.45, 2.75) is 6.92 Å². The Bertz CT molecular complexity index is 636. The molecule has 0 radical (unpaired) electrons. The maximum atomic E-state index is 8.84. The van der Waals surface area contributed by atoms with Crippen LogP contribution in [0.2, 0.25) is 5.15 Å². The van der Waals surface area contributed by atoms with Crippen LogP contribution in [0.1, 0.15) is 11.1 Å². The average molecular weight is 324 g/mol. The minimum Gasteiger partial charge on any atom is -0.340 e. The molecule has 18 heavy (non-hydrogen) atoms. The third kappa shape index (κ3) is 2.61. The molecule has 0 unspecified atom stereocenters. The van der Waals surface area contributed by atoms with Crippen molar-refractivity contribution in [2.75, 3.05) is 5.32 Å². The standard InChI is InChI=1S/C12H8BrClN4/c1-7-11(14)16-6-17-12(7)18-9-3-2-8(5-15)10(13)4-9/h2-4,6H,1H3,(H,16,17,18). The maximum Gasteiger partial charge on any atom is 0.138 e. The highest BCUT2D eigenvalue weighted by molar-refractivity contribution is 9.10. The number of halogens is 2. The lowest BCUT2D eigenvalue weighted by Gasteiger charge is -2.09. The molecule has 0 atom stereocenters. The number of hydrogen-bond acceptors (Lipinski definition) is 4. The number of rotatable bonds is 2. The van der Waals surface area contributed by atoms with Gasteiger partial charge in [0.15, 0.2) is 0 Å². The molecule has 0 aliphatic heterocycles. The van der Waals surface area contributed by atoms with Crippen molar-refractivity contribution in [1.82, 2.24) is 9.97 Å². The monoisotopic (exact) mass is 322 g/mol. The molecule has 90 valence electrons. The van der Waals surface area contributed by atoms with Gasteiger partial charge >= 0.3 is 0 Å². The van der Waals surface area contributed by atoms with E-state index in [0.29, 0.717) is 16.5 Å². The van der Waals surface area contributed by atoms with Crippen LogP contribution in [0.4, 0.5) is 11.5 Å². The number of hydrogen-bond donors (Lipinski definition) is 1. The predicted molar refractivity (Wildman–Crippen MR) is 73.9 cm³/mol. The van der Waals surface area contributed by atoms with E-state index in [4.69, 9.17) is 16.9 Å². The summed E-state index contributed by atoms with van der Waals surface area (Å²) in [5.74, 6) is 0.645. The Balaban J connectivity index is 2.32. The summed E-state index contributed by atoms with van der Waals surface area (Å²) >= 11 is 9.25. The fraction of sp³-hybridized carbons (Fsp3) is 0.0833. The minimum absolute atomic E-state index is 0.417. The molecule has 4 nitrogen and oxygen atoms in total. The second-order valence-electron chi connectivity index (χ2n) is 3.57. The van der Waals surface area contributed by atoms with E-state index in [1.807, 2.05) is 13.0 Å². The van der Waals surface area contributed by atoms with Gasteiger partial charge in [-0.05, 0) is 41.1 Å². The Morgan fingerprint density at radius 3 is 2.83 bits per heavy atom. The topological polar surface area (TPSA) is 61.6 Å². The largest absolute Gasteiger partial charge is 0.340 e. The minimum atomic E-state index is 0.417. The van der Waals surface area contributed by atoms with Gasteiger partial charge < -0.3 is 5.32 Å². The first-order valence-electron chi connectivity index (χ1n) is 5.05. The Kier molecular flexibility index (Phi) is 3.80. The number of nitrogens with zero attached hydrogens (tertiary/aromatic N) is 3. The zero-order chi connectivity index (χ0) is 13.1. The summed E-state index contributed by atoms with van der Waals surface area (Å²) in [4.78, 5) is 8.01. The Morgan fingerprint density at radius 2 is 2.17 bits per heavy atom. The van der Waals surface area contributed by atoms with Crippen LogP contribution in [0.25, 0.3) is 0 Å². The summed E-state index contributed by atoms with van der Waals surface area (Å²) in [5, 5.41) is 12.4. The number of nitriles is 1. The molecule has 0 fully saturated rings. The van der Waals surface area contributed by atoms with Crippen LogP contribution in [0.3, 0.4) is 0 Å². The number of anilines is 2. The van der Waals surface area contributed by atoms with Gasteiger partial charge in [-0.25, -0.2) is 9.97 Å². The lowest BCUT2D eigenvalue weighted by molar-refractivity contribution is 1.13. The highest BCUT2D eigenvalue weighted by Crippen LogP contribution is 2.25. The lowest BCUT2D eigenvalue weighted by Crippen LogP contribution is -1.98. The third-order valence-corrected chi connectivity index (χ3v) is 3.41. The first-order chi connectivity index (χ1) is 8.61. The smallest absolute Gasteiger partial charge is 0.138 e. The number of benzene rings is 1. The fourth-order valence-corrected chi connectivity index (χ4v) is 1.98. The van der Waals surface area contributed by atoms with E-state index in [2.05, 4.69) is 37.3 Å². The highest BCUT2D eigenvalue weighted by Gasteiger charge is 2.06. The summed E-state index contributed by atoms with van der Waals surface area (Å²) < 4.78 is 0.729. The van der Waals surface area contributed by atoms with E-state index in [1.54, 1.807) is 12.1 Å². The predicted octanol–water partition coefficient (Wildman–Crippen LogP) is 3.82. The molecule has 1 aromatic carbocycles. The van der Waals surface area contributed by atoms with E-state index in [-0.39, 0.29) is 0 Å². The quantitative estimate of drug-likeness (QED) is 0.854. The Morgan fingerprint density at radius 1 is 1.39 bits per heavy atom. The van der Waals surface area contributed by atoms with Crippen molar-refractivity contribution in [3.8, 4) is 6.07 Å². The van der Waals surface area contributed by atoms with Gasteiger partial charge in [0.1, 0.15) is 23.4 Å². The molecule has 1 heterocycles. The molecular formula is C12H8BrClN4. The van der Waals surface area contributed by atoms with E-state index in [0.717, 1.165) is 15.7 Å². The van der Waals surface area contributed by atoms with Gasteiger partial charge in [0, 0.05) is 15.7 Å². The average Bonchev–Trinajstić information content (AvgIpc) is 2.35. The van der Waals surface area contributed by atoms with Gasteiger partial charge in [0.2, 0.25) is 0 Å². The van der Waals surface area contributed by atoms with Crippen molar-refractivity contribution in [3.63, 3.8) is 0 Å². The van der Waals surface area contributed by atoms with Crippen LogP contribution in [-0.2, 0) is 0 Å². The van der Waals surface area contributed by atoms with E-state index in [1.165, 1.54) is 6.33 Å². The maximum absolute atomic E-state index is 8.84. The highest BCUT2D eigenvalue weighted by atomic mass is 79.9. The van der Waals surface area contributed by atoms with Gasteiger partial charge in [-0.1, -0.05) is 11.6 Å². The summed E-state index contributed by atoms with van der Waals surface area (Å²) in [6.45, 7) is 1.84. The summed E-state index contributed by atoms with van der Waals surface area (Å²) in [6, 6.07) is 7.43. The van der Waals surface area contributed by atoms with Crippen LogP contribution < -0.4 is 5.32 Å². The molecule has 1 aromatic heterocycles. The van der Waals surface area contributed by atoms with Gasteiger partial charge in [-0.3, -0.25) is 0 Å². The van der Waals surface area contributed by atoms with Gasteiger partial charge in [0.05, 0.1) is 5.56 Å². The van der Waals surface area contributed by atoms with Crippen LogP contribution in [0.5, 0.6) is 0 Å². The summed E-state index contributed by atoms with van der Waals surface area (Å²) in [5.41, 5.74) is 2.18. The molecule has 0 saturated heterocycles. The van der Waals surface area contributed by atoms with Gasteiger partial charge in [-0.2, -0.15) is 5.26 Å². The summed E-state index contributed by atoms with van der Waals surface area (Å²) in [6.07, 6.45) is 1.40. The van der Waals surface area contributed by atoms with E-state index in [9.17, 15) is 0 Å². The Hall–Kier alpha value is -1.64. The zero-order valence-corrected chi connectivity index (χ0v) is 11.7. The molecule has 6 heteroatoms. The third-order valence-electron chi connectivity index (χ3n) is 2.37. The molecular weight excluding hydrogens is 316 g/mol. The SMILES string of the molecule is Cc1c(Cl)ncnc1Nc1ccc(C#N)c(Br)c1. The van der Waals surface area contributed by atoms with Crippen LogP contribution in [0, 0.1) is 18.3 Å². The lowest BCUT2D eigenvalue weighted by atomic mass is 10.2. The normalized spacial score (nSPS) is 9.89. The van der Waals surface area contributed by atoms with Crippen LogP contribution in [-0.4, -0.2) is 9.97 Å². The first kappa shape index (κ1) is 12.8. The zero-order valence-electron chi connectivity index (χ0n) is 9.41. The van der Waals surface area contributed by atoms with Crippen molar-refractivity contribution in [2.24, 2.45) is 0 Å². The van der Waals surface area contributed by atoms with Crippen molar-refractivity contribution in [1.29, 1.82) is 5.26 Å². The second kappa shape index (κ2) is 5.34. The molecule has 0 spiro atoms. The second-order valence-corrected chi connectivity index (χ2v) is 4.78. The van der Waals surface area contributed by atoms with Crippen molar-refractivity contribution in [3.05, 3.63) is 45.3 Å². The fourth-order valence-electron chi connectivity index (χ4n) is 1.37. The van der Waals surface area contributed by atoms with E-state index < -0.39 is 0 Å². The van der Waals surface area contributed by atoms with Crippen molar-refractivity contribution < 1.29 is 0 Å². The number of nitrogens with one attached hydrogen (secondary N) is 1. The Labute approximate surface area is 118 Å². The van der Waals surface area contributed by atoms with Gasteiger partial charge in [0.25, 0.3) is 0 Å². The first-order valence-corrected chi connectivity index (χ1v) is 6.22.